The van der Waals surface area contributed by atoms with Crippen LogP contribution in [0.3, 0.4) is 0 Å². The first kappa shape index (κ1) is 19.8. The molecule has 0 fully saturated rings. The predicted octanol–water partition coefficient (Wildman–Crippen LogP) is 4.04. The van der Waals surface area contributed by atoms with Gasteiger partial charge in [0.2, 0.25) is 5.78 Å². The molecule has 5 heteroatoms. The molecular formula is C21H27NO4. The van der Waals surface area contributed by atoms with Crippen molar-refractivity contribution in [3.63, 3.8) is 0 Å². The van der Waals surface area contributed by atoms with Gasteiger partial charge in [-0.25, -0.2) is 0 Å². The van der Waals surface area contributed by atoms with Gasteiger partial charge in [-0.2, -0.15) is 0 Å². The highest BCUT2D eigenvalue weighted by Gasteiger charge is 2.16. The maximum Gasteiger partial charge on any atom is 0.307 e. The fourth-order valence-corrected chi connectivity index (χ4v) is 2.92. The number of carboxylic acid groups (broad SMARTS) is 1. The van der Waals surface area contributed by atoms with Crippen LogP contribution in [0.25, 0.3) is 0 Å². The second-order valence-electron chi connectivity index (χ2n) is 7.05. The summed E-state index contributed by atoms with van der Waals surface area (Å²) in [5.74, 6) is 0.245. The highest BCUT2D eigenvalue weighted by Crippen LogP contribution is 2.19. The van der Waals surface area contributed by atoms with E-state index < -0.39 is 5.97 Å². The van der Waals surface area contributed by atoms with Gasteiger partial charge in [-0.3, -0.25) is 9.59 Å². The lowest BCUT2D eigenvalue weighted by atomic mass is 10.1. The first-order valence-electron chi connectivity index (χ1n) is 8.91. The summed E-state index contributed by atoms with van der Waals surface area (Å²) in [5.41, 5.74) is 3.47. The van der Waals surface area contributed by atoms with Crippen LogP contribution in [0.1, 0.15) is 47.6 Å². The summed E-state index contributed by atoms with van der Waals surface area (Å²) < 4.78 is 7.77. The Balaban J connectivity index is 1.99. The highest BCUT2D eigenvalue weighted by molar-refractivity contribution is 5.98. The third kappa shape index (κ3) is 5.22. The first-order valence-corrected chi connectivity index (χ1v) is 8.91. The lowest BCUT2D eigenvalue weighted by Crippen LogP contribution is -2.13. The van der Waals surface area contributed by atoms with Crippen LogP contribution < -0.4 is 4.74 Å². The van der Waals surface area contributed by atoms with Gasteiger partial charge in [0.05, 0.1) is 6.42 Å². The minimum Gasteiger partial charge on any atom is -0.485 e. The molecule has 0 aliphatic rings. The molecule has 0 unspecified atom stereocenters. The number of hydrogen-bond acceptors (Lipinski definition) is 3. The number of aliphatic carboxylic acids is 1. The number of carbonyl (C=O) groups is 2. The molecule has 0 saturated carbocycles. The van der Waals surface area contributed by atoms with Crippen LogP contribution in [0, 0.1) is 19.8 Å². The Kier molecular flexibility index (Phi) is 6.61. The molecule has 0 radical (unpaired) electrons. The van der Waals surface area contributed by atoms with E-state index in [0.717, 1.165) is 24.4 Å². The minimum atomic E-state index is -0.873. The van der Waals surface area contributed by atoms with E-state index >= 15 is 0 Å². The van der Waals surface area contributed by atoms with Gasteiger partial charge in [0, 0.05) is 23.5 Å². The van der Waals surface area contributed by atoms with E-state index in [2.05, 4.69) is 18.4 Å². The Morgan fingerprint density at radius 2 is 1.81 bits per heavy atom. The second kappa shape index (κ2) is 8.70. The average molecular weight is 357 g/mol. The largest absolute Gasteiger partial charge is 0.485 e. The quantitative estimate of drug-likeness (QED) is 0.688. The van der Waals surface area contributed by atoms with Crippen molar-refractivity contribution in [1.29, 1.82) is 0 Å². The lowest BCUT2D eigenvalue weighted by molar-refractivity contribution is -0.136. The van der Waals surface area contributed by atoms with Crippen LogP contribution in [0.5, 0.6) is 5.75 Å². The second-order valence-corrected chi connectivity index (χ2v) is 7.05. The van der Waals surface area contributed by atoms with Crippen LogP contribution in [0.15, 0.2) is 30.3 Å². The SMILES string of the molecule is Cc1cc(C(=O)COc2ccc(CC(=O)O)cc2)c(C)n1CCC(C)C. The molecule has 0 saturated heterocycles. The van der Waals surface area contributed by atoms with E-state index in [0.29, 0.717) is 22.8 Å². The van der Waals surface area contributed by atoms with E-state index in [1.165, 1.54) is 0 Å². The number of benzene rings is 1. The van der Waals surface area contributed by atoms with Crippen molar-refractivity contribution >= 4 is 11.8 Å². The Morgan fingerprint density at radius 1 is 1.15 bits per heavy atom. The number of carboxylic acids is 1. The third-order valence-corrected chi connectivity index (χ3v) is 4.45. The Hall–Kier alpha value is -2.56. The molecule has 5 nitrogen and oxygen atoms in total. The molecule has 1 N–H and O–H groups in total. The zero-order valence-corrected chi connectivity index (χ0v) is 15.9. The maximum atomic E-state index is 12.5. The summed E-state index contributed by atoms with van der Waals surface area (Å²) in [4.78, 5) is 23.2. The van der Waals surface area contributed by atoms with E-state index in [-0.39, 0.29) is 18.8 Å². The predicted molar refractivity (Wildman–Crippen MR) is 101 cm³/mol. The molecule has 26 heavy (non-hydrogen) atoms. The monoisotopic (exact) mass is 357 g/mol. The number of nitrogens with zero attached hydrogens (tertiary/aromatic N) is 1. The van der Waals surface area contributed by atoms with Gasteiger partial charge in [-0.1, -0.05) is 26.0 Å². The van der Waals surface area contributed by atoms with Crippen LogP contribution >= 0.6 is 0 Å². The van der Waals surface area contributed by atoms with Gasteiger partial charge in [0.1, 0.15) is 5.75 Å². The number of carbonyl (C=O) groups excluding carboxylic acids is 1. The molecule has 1 heterocycles. The molecule has 1 aromatic heterocycles. The van der Waals surface area contributed by atoms with E-state index in [4.69, 9.17) is 9.84 Å². The number of Topliss-reactive ketones (excluding diaryl/α,β-unsaturated/α-hetero) is 1. The molecule has 0 aliphatic heterocycles. The molecule has 1 aromatic carbocycles. The van der Waals surface area contributed by atoms with Crippen LogP contribution in [0.2, 0.25) is 0 Å². The van der Waals surface area contributed by atoms with Crippen molar-refractivity contribution in [3.05, 3.63) is 52.8 Å². The zero-order chi connectivity index (χ0) is 19.3. The Labute approximate surface area is 154 Å². The van der Waals surface area contributed by atoms with Crippen molar-refractivity contribution in [1.82, 2.24) is 4.57 Å². The van der Waals surface area contributed by atoms with Gasteiger partial charge < -0.3 is 14.4 Å². The lowest BCUT2D eigenvalue weighted by Gasteiger charge is -2.11. The molecule has 0 atom stereocenters. The Morgan fingerprint density at radius 3 is 2.38 bits per heavy atom. The summed E-state index contributed by atoms with van der Waals surface area (Å²) in [5, 5.41) is 8.78. The summed E-state index contributed by atoms with van der Waals surface area (Å²) in [6.45, 7) is 9.25. The highest BCUT2D eigenvalue weighted by atomic mass is 16.5. The topological polar surface area (TPSA) is 68.5 Å². The van der Waals surface area contributed by atoms with Gasteiger partial charge in [0.15, 0.2) is 6.61 Å². The summed E-state index contributed by atoms with van der Waals surface area (Å²) in [7, 11) is 0. The molecule has 2 rings (SSSR count). The van der Waals surface area contributed by atoms with Gasteiger partial charge in [0.25, 0.3) is 0 Å². The number of ketones is 1. The molecule has 0 bridgehead atoms. The first-order chi connectivity index (χ1) is 12.3. The summed E-state index contributed by atoms with van der Waals surface area (Å²) in [6, 6.07) is 8.71. The van der Waals surface area contributed by atoms with Crippen molar-refractivity contribution in [2.45, 2.75) is 47.1 Å². The van der Waals surface area contributed by atoms with Crippen LogP contribution in [0.4, 0.5) is 0 Å². The smallest absolute Gasteiger partial charge is 0.307 e. The van der Waals surface area contributed by atoms with Crippen molar-refractivity contribution in [2.24, 2.45) is 5.92 Å². The molecule has 0 spiro atoms. The fraction of sp³-hybridized carbons (Fsp3) is 0.429. The number of aryl methyl sites for hydroxylation is 1. The normalized spacial score (nSPS) is 11.0. The van der Waals surface area contributed by atoms with E-state index in [9.17, 15) is 9.59 Å². The van der Waals surface area contributed by atoms with E-state index in [1.807, 2.05) is 19.9 Å². The number of ether oxygens (including phenoxy) is 1. The number of aromatic nitrogens is 1. The molecule has 2 aromatic rings. The van der Waals surface area contributed by atoms with Gasteiger partial charge >= 0.3 is 5.97 Å². The number of hydrogen-bond donors (Lipinski definition) is 1. The number of rotatable bonds is 9. The zero-order valence-electron chi connectivity index (χ0n) is 15.9. The minimum absolute atomic E-state index is 0.0262. The van der Waals surface area contributed by atoms with Gasteiger partial charge in [-0.05, 0) is 49.9 Å². The molecule has 140 valence electrons. The van der Waals surface area contributed by atoms with Crippen molar-refractivity contribution in [3.8, 4) is 5.75 Å². The fourth-order valence-electron chi connectivity index (χ4n) is 2.92. The standard InChI is InChI=1S/C21H27NO4/c1-14(2)9-10-22-15(3)11-19(16(22)4)20(23)13-26-18-7-5-17(6-8-18)12-21(24)25/h5-8,11,14H,9-10,12-13H2,1-4H3,(H,24,25). The van der Waals surface area contributed by atoms with Crippen LogP contribution in [-0.2, 0) is 17.8 Å². The maximum absolute atomic E-state index is 12.5. The van der Waals surface area contributed by atoms with Crippen molar-refractivity contribution < 1.29 is 19.4 Å². The summed E-state index contributed by atoms with van der Waals surface area (Å²) >= 11 is 0. The average Bonchev–Trinajstić information content (AvgIpc) is 2.86. The summed E-state index contributed by atoms with van der Waals surface area (Å²) in [6.07, 6.45) is 1.05. The Bertz CT molecular complexity index is 772. The van der Waals surface area contributed by atoms with E-state index in [1.54, 1.807) is 24.3 Å². The van der Waals surface area contributed by atoms with Gasteiger partial charge in [-0.15, -0.1) is 0 Å². The molecular weight excluding hydrogens is 330 g/mol. The third-order valence-electron chi connectivity index (χ3n) is 4.45. The van der Waals surface area contributed by atoms with Crippen molar-refractivity contribution in [2.75, 3.05) is 6.61 Å². The molecule has 0 amide bonds. The molecule has 0 aliphatic carbocycles. The van der Waals surface area contributed by atoms with Crippen LogP contribution in [-0.4, -0.2) is 28.0 Å².